The summed E-state index contributed by atoms with van der Waals surface area (Å²) >= 11 is 0. The summed E-state index contributed by atoms with van der Waals surface area (Å²) < 4.78 is 0. The van der Waals surface area contributed by atoms with E-state index >= 15 is 0 Å². The highest BCUT2D eigenvalue weighted by atomic mass is 15.2. The highest BCUT2D eigenvalue weighted by Gasteiger charge is 2.21. The molecule has 0 bridgehead atoms. The van der Waals surface area contributed by atoms with Crippen LogP contribution in [0.4, 0.5) is 0 Å². The number of aromatic amines is 1. The van der Waals surface area contributed by atoms with Gasteiger partial charge in [0.05, 0.1) is 6.04 Å². The molecule has 0 saturated carbocycles. The highest BCUT2D eigenvalue weighted by Crippen LogP contribution is 2.23. The molecule has 1 fully saturated rings. The first kappa shape index (κ1) is 7.73. The van der Waals surface area contributed by atoms with Crippen molar-refractivity contribution < 1.29 is 0 Å². The Hall–Kier alpha value is -0.900. The molecule has 2 rings (SSSR count). The summed E-state index contributed by atoms with van der Waals surface area (Å²) in [5.41, 5.74) is 0. The Morgan fingerprint density at radius 1 is 1.58 bits per heavy atom. The van der Waals surface area contributed by atoms with Crippen molar-refractivity contribution in [3.05, 3.63) is 12.2 Å². The van der Waals surface area contributed by atoms with Gasteiger partial charge in [0.1, 0.15) is 12.2 Å². The number of nitrogens with one attached hydrogen (secondary N) is 2. The lowest BCUT2D eigenvalue weighted by molar-refractivity contribution is 0.316. The zero-order chi connectivity index (χ0) is 8.39. The number of nitrogens with zero attached hydrogens (tertiary/aromatic N) is 2. The fourth-order valence-electron chi connectivity index (χ4n) is 1.70. The molecule has 4 heteroatoms. The van der Waals surface area contributed by atoms with E-state index in [0.717, 1.165) is 24.7 Å². The van der Waals surface area contributed by atoms with Gasteiger partial charge >= 0.3 is 0 Å². The average molecular weight is 166 g/mol. The van der Waals surface area contributed by atoms with E-state index in [4.69, 9.17) is 0 Å². The van der Waals surface area contributed by atoms with E-state index in [9.17, 15) is 0 Å². The van der Waals surface area contributed by atoms with Gasteiger partial charge in [-0.1, -0.05) is 6.92 Å². The van der Waals surface area contributed by atoms with Gasteiger partial charge in [0.2, 0.25) is 0 Å². The second-order valence-electron chi connectivity index (χ2n) is 3.51. The molecule has 0 amide bonds. The number of hydrogen-bond acceptors (Lipinski definition) is 3. The summed E-state index contributed by atoms with van der Waals surface area (Å²) in [7, 11) is 0. The van der Waals surface area contributed by atoms with Crippen LogP contribution in [0.15, 0.2) is 6.33 Å². The van der Waals surface area contributed by atoms with Crippen molar-refractivity contribution in [1.82, 2.24) is 20.5 Å². The summed E-state index contributed by atoms with van der Waals surface area (Å²) in [5, 5.41) is 10.2. The molecule has 0 spiro atoms. The topological polar surface area (TPSA) is 53.6 Å². The molecule has 1 aliphatic heterocycles. The Labute approximate surface area is 71.8 Å². The van der Waals surface area contributed by atoms with E-state index < -0.39 is 0 Å². The van der Waals surface area contributed by atoms with Crippen LogP contribution in [-0.2, 0) is 0 Å². The van der Waals surface area contributed by atoms with E-state index in [1.165, 1.54) is 6.42 Å². The largest absolute Gasteiger partial charge is 0.307 e. The van der Waals surface area contributed by atoms with Crippen molar-refractivity contribution in [2.24, 2.45) is 5.92 Å². The smallest absolute Gasteiger partial charge is 0.141 e. The molecule has 1 aliphatic rings. The van der Waals surface area contributed by atoms with Crippen LogP contribution in [0.5, 0.6) is 0 Å². The third kappa shape index (κ3) is 1.48. The molecule has 0 aliphatic carbocycles. The lowest BCUT2D eigenvalue weighted by atomic mass is 9.94. The molecular weight excluding hydrogens is 152 g/mol. The minimum atomic E-state index is 0.385. The predicted octanol–water partition coefficient (Wildman–Crippen LogP) is 0.865. The molecule has 2 N–H and O–H groups in total. The second kappa shape index (κ2) is 3.23. The Bertz CT molecular complexity index is 231. The van der Waals surface area contributed by atoms with Crippen LogP contribution in [-0.4, -0.2) is 21.7 Å². The van der Waals surface area contributed by atoms with E-state index in [2.05, 4.69) is 27.4 Å². The van der Waals surface area contributed by atoms with Crippen LogP contribution in [0.2, 0.25) is 0 Å². The van der Waals surface area contributed by atoms with Crippen molar-refractivity contribution in [2.45, 2.75) is 25.8 Å². The van der Waals surface area contributed by atoms with Gasteiger partial charge in [-0.15, -0.1) is 0 Å². The highest BCUT2D eigenvalue weighted by molar-refractivity contribution is 4.93. The second-order valence-corrected chi connectivity index (χ2v) is 3.51. The van der Waals surface area contributed by atoms with Crippen molar-refractivity contribution in [1.29, 1.82) is 0 Å². The normalized spacial score (nSPS) is 30.4. The molecule has 2 heterocycles. The first-order chi connectivity index (χ1) is 5.86. The fourth-order valence-corrected chi connectivity index (χ4v) is 1.70. The summed E-state index contributed by atoms with van der Waals surface area (Å²) in [6.45, 7) is 3.37. The lowest BCUT2D eigenvalue weighted by Crippen LogP contribution is -2.31. The van der Waals surface area contributed by atoms with Gasteiger partial charge in [-0.2, -0.15) is 5.10 Å². The molecule has 1 aromatic heterocycles. The molecule has 66 valence electrons. The van der Waals surface area contributed by atoms with Crippen molar-refractivity contribution >= 4 is 0 Å². The Balaban J connectivity index is 2.04. The van der Waals surface area contributed by atoms with E-state index in [1.807, 2.05) is 0 Å². The third-order valence-corrected chi connectivity index (χ3v) is 2.43. The maximum Gasteiger partial charge on any atom is 0.141 e. The van der Waals surface area contributed by atoms with Gasteiger partial charge in [-0.25, -0.2) is 4.98 Å². The zero-order valence-corrected chi connectivity index (χ0v) is 7.25. The summed E-state index contributed by atoms with van der Waals surface area (Å²) in [4.78, 5) is 4.15. The molecule has 2 unspecified atom stereocenters. The monoisotopic (exact) mass is 166 g/mol. The van der Waals surface area contributed by atoms with Gasteiger partial charge in [0, 0.05) is 0 Å². The zero-order valence-electron chi connectivity index (χ0n) is 7.25. The summed E-state index contributed by atoms with van der Waals surface area (Å²) in [5.74, 6) is 1.77. The van der Waals surface area contributed by atoms with Crippen LogP contribution < -0.4 is 5.32 Å². The average Bonchev–Trinajstić information content (AvgIpc) is 2.56. The molecule has 0 aromatic carbocycles. The minimum Gasteiger partial charge on any atom is -0.307 e. The van der Waals surface area contributed by atoms with E-state index in [-0.39, 0.29) is 0 Å². The predicted molar refractivity (Wildman–Crippen MR) is 45.5 cm³/mol. The minimum absolute atomic E-state index is 0.385. The van der Waals surface area contributed by atoms with Gasteiger partial charge in [0.25, 0.3) is 0 Å². The van der Waals surface area contributed by atoms with Crippen molar-refractivity contribution in [3.63, 3.8) is 0 Å². The van der Waals surface area contributed by atoms with Crippen molar-refractivity contribution in [2.75, 3.05) is 6.54 Å². The first-order valence-corrected chi connectivity index (χ1v) is 4.45. The maximum absolute atomic E-state index is 4.15. The molecule has 1 saturated heterocycles. The van der Waals surface area contributed by atoms with Crippen LogP contribution in [0.3, 0.4) is 0 Å². The molecular formula is C8H14N4. The van der Waals surface area contributed by atoms with Gasteiger partial charge in [0.15, 0.2) is 0 Å². The van der Waals surface area contributed by atoms with Gasteiger partial charge in [-0.05, 0) is 25.3 Å². The molecule has 0 radical (unpaired) electrons. The summed E-state index contributed by atoms with van der Waals surface area (Å²) in [6.07, 6.45) is 4.00. The Morgan fingerprint density at radius 2 is 2.50 bits per heavy atom. The Kier molecular flexibility index (Phi) is 2.08. The third-order valence-electron chi connectivity index (χ3n) is 2.43. The number of rotatable bonds is 1. The summed E-state index contributed by atoms with van der Waals surface area (Å²) in [6, 6.07) is 0.385. The maximum atomic E-state index is 4.15. The SMILES string of the molecule is CC1CCNC(c2ncn[nH]2)C1. The first-order valence-electron chi connectivity index (χ1n) is 4.45. The number of piperidine rings is 1. The molecule has 2 atom stereocenters. The van der Waals surface area contributed by atoms with Crippen LogP contribution in [0, 0.1) is 5.92 Å². The standard InChI is InChI=1S/C8H14N4/c1-6-2-3-9-7(4-6)8-10-5-11-12-8/h5-7,9H,2-4H2,1H3,(H,10,11,12). The van der Waals surface area contributed by atoms with Crippen molar-refractivity contribution in [3.8, 4) is 0 Å². The van der Waals surface area contributed by atoms with Crippen LogP contribution in [0.25, 0.3) is 0 Å². The molecule has 4 nitrogen and oxygen atoms in total. The number of hydrogen-bond donors (Lipinski definition) is 2. The van der Waals surface area contributed by atoms with Crippen LogP contribution >= 0.6 is 0 Å². The molecule has 1 aromatic rings. The van der Waals surface area contributed by atoms with E-state index in [1.54, 1.807) is 6.33 Å². The van der Waals surface area contributed by atoms with E-state index in [0.29, 0.717) is 6.04 Å². The lowest BCUT2D eigenvalue weighted by Gasteiger charge is -2.26. The van der Waals surface area contributed by atoms with Gasteiger partial charge < -0.3 is 5.32 Å². The Morgan fingerprint density at radius 3 is 3.17 bits per heavy atom. The van der Waals surface area contributed by atoms with Crippen LogP contribution in [0.1, 0.15) is 31.6 Å². The number of H-pyrrole nitrogens is 1. The fraction of sp³-hybridized carbons (Fsp3) is 0.750. The number of aromatic nitrogens is 3. The van der Waals surface area contributed by atoms with Gasteiger partial charge in [-0.3, -0.25) is 5.10 Å². The quantitative estimate of drug-likeness (QED) is 0.650. The molecule has 12 heavy (non-hydrogen) atoms.